The maximum atomic E-state index is 14.8. The highest BCUT2D eigenvalue weighted by atomic mass is 35.5. The molecule has 0 saturated carbocycles. The lowest BCUT2D eigenvalue weighted by atomic mass is 9.77. The number of aromatic nitrogens is 4. The summed E-state index contributed by atoms with van der Waals surface area (Å²) in [6.07, 6.45) is 3.47. The van der Waals surface area contributed by atoms with Crippen LogP contribution in [0.15, 0.2) is 30.9 Å². The van der Waals surface area contributed by atoms with E-state index >= 15 is 0 Å². The van der Waals surface area contributed by atoms with Crippen LogP contribution in [0.5, 0.6) is 0 Å². The lowest BCUT2D eigenvalue weighted by molar-refractivity contribution is -0.147. The Hall–Kier alpha value is -2.58. The van der Waals surface area contributed by atoms with Gasteiger partial charge in [-0.3, -0.25) is 4.79 Å². The third-order valence-corrected chi connectivity index (χ3v) is 5.20. The van der Waals surface area contributed by atoms with Gasteiger partial charge in [0.15, 0.2) is 5.65 Å². The lowest BCUT2D eigenvalue weighted by Crippen LogP contribution is -2.44. The molecule has 3 rings (SSSR count). The van der Waals surface area contributed by atoms with Crippen LogP contribution in [0.3, 0.4) is 0 Å². The number of nitrogens with two attached hydrogens (primary N) is 1. The van der Waals surface area contributed by atoms with Gasteiger partial charge in [-0.2, -0.15) is 0 Å². The van der Waals surface area contributed by atoms with Crippen molar-refractivity contribution in [3.63, 3.8) is 0 Å². The fraction of sp³-hybridized carbons (Fsp3) is 0.400. The molecule has 0 aliphatic heterocycles. The van der Waals surface area contributed by atoms with Crippen LogP contribution in [-0.2, 0) is 14.9 Å². The van der Waals surface area contributed by atoms with E-state index < -0.39 is 17.2 Å². The molecule has 7 nitrogen and oxygen atoms in total. The summed E-state index contributed by atoms with van der Waals surface area (Å²) in [6.45, 7) is 5.78. The van der Waals surface area contributed by atoms with E-state index in [2.05, 4.69) is 15.0 Å². The first-order valence-corrected chi connectivity index (χ1v) is 9.16. The highest BCUT2D eigenvalue weighted by molar-refractivity contribution is 5.89. The molecule has 2 aromatic heterocycles. The minimum atomic E-state index is -1.27. The maximum Gasteiger partial charge on any atom is 0.317 e. The van der Waals surface area contributed by atoms with Crippen LogP contribution in [-0.4, -0.2) is 39.1 Å². The first-order valence-electron chi connectivity index (χ1n) is 9.16. The predicted octanol–water partition coefficient (Wildman–Crippen LogP) is 3.41. The molecule has 0 spiro atoms. The Morgan fingerprint density at radius 3 is 2.62 bits per heavy atom. The molecule has 9 heteroatoms. The van der Waals surface area contributed by atoms with Crippen LogP contribution in [0.25, 0.3) is 22.4 Å². The number of nitrogens with zero attached hydrogens (tertiary/aromatic N) is 4. The largest absolute Gasteiger partial charge is 0.468 e. The van der Waals surface area contributed by atoms with Gasteiger partial charge >= 0.3 is 5.97 Å². The fourth-order valence-electron chi connectivity index (χ4n) is 3.46. The zero-order valence-electron chi connectivity index (χ0n) is 16.8. The first kappa shape index (κ1) is 22.7. The summed E-state index contributed by atoms with van der Waals surface area (Å²) in [4.78, 5) is 25.6. The second-order valence-corrected chi connectivity index (χ2v) is 6.97. The molecule has 0 amide bonds. The number of rotatable bonds is 6. The highest BCUT2D eigenvalue weighted by Gasteiger charge is 2.41. The van der Waals surface area contributed by atoms with E-state index in [-0.39, 0.29) is 30.6 Å². The third-order valence-electron chi connectivity index (χ3n) is 5.20. The van der Waals surface area contributed by atoms with Crippen molar-refractivity contribution in [2.45, 2.75) is 38.6 Å². The SMILES string of the molecule is CCC(CN)(C(=O)OC)c1cc(-c2ncnc3c2ncn3C(C)C)ccc1F.Cl. The Morgan fingerprint density at radius 1 is 1.31 bits per heavy atom. The number of hydrogen-bond donors (Lipinski definition) is 1. The van der Waals surface area contributed by atoms with Gasteiger partial charge in [-0.05, 0) is 38.5 Å². The summed E-state index contributed by atoms with van der Waals surface area (Å²) in [5.74, 6) is -1.08. The second-order valence-electron chi connectivity index (χ2n) is 6.97. The van der Waals surface area contributed by atoms with Gasteiger partial charge in [0.1, 0.15) is 28.8 Å². The summed E-state index contributed by atoms with van der Waals surface area (Å²) < 4.78 is 21.6. The normalized spacial score (nSPS) is 13.2. The number of hydrogen-bond acceptors (Lipinski definition) is 6. The van der Waals surface area contributed by atoms with E-state index in [9.17, 15) is 9.18 Å². The Morgan fingerprint density at radius 2 is 2.03 bits per heavy atom. The number of ether oxygens (including phenoxy) is 1. The molecule has 0 fully saturated rings. The smallest absolute Gasteiger partial charge is 0.317 e. The van der Waals surface area contributed by atoms with E-state index in [4.69, 9.17) is 10.5 Å². The van der Waals surface area contributed by atoms with Crippen molar-refractivity contribution in [2.24, 2.45) is 5.73 Å². The van der Waals surface area contributed by atoms with E-state index in [0.29, 0.717) is 28.8 Å². The Labute approximate surface area is 174 Å². The average Bonchev–Trinajstić information content (AvgIpc) is 3.15. The summed E-state index contributed by atoms with van der Waals surface area (Å²) in [6, 6.07) is 4.73. The highest BCUT2D eigenvalue weighted by Crippen LogP contribution is 2.35. The first-order chi connectivity index (χ1) is 13.4. The van der Waals surface area contributed by atoms with Crippen LogP contribution in [0, 0.1) is 5.82 Å². The Balaban J connectivity index is 0.00000300. The van der Waals surface area contributed by atoms with Crippen LogP contribution < -0.4 is 5.73 Å². The van der Waals surface area contributed by atoms with Crippen molar-refractivity contribution in [3.8, 4) is 11.3 Å². The van der Waals surface area contributed by atoms with Crippen molar-refractivity contribution in [1.29, 1.82) is 0 Å². The average molecular weight is 422 g/mol. The Kier molecular flexibility index (Phi) is 6.92. The number of benzene rings is 1. The van der Waals surface area contributed by atoms with Crippen LogP contribution in [0.4, 0.5) is 4.39 Å². The zero-order valence-corrected chi connectivity index (χ0v) is 17.7. The van der Waals surface area contributed by atoms with Crippen LogP contribution >= 0.6 is 12.4 Å². The zero-order chi connectivity index (χ0) is 20.5. The van der Waals surface area contributed by atoms with E-state index in [1.807, 2.05) is 18.4 Å². The maximum absolute atomic E-state index is 14.8. The number of halogens is 2. The van der Waals surface area contributed by atoms with Gasteiger partial charge in [0.05, 0.1) is 13.4 Å². The number of carbonyl (C=O) groups is 1. The predicted molar refractivity (Wildman–Crippen MR) is 111 cm³/mol. The molecule has 29 heavy (non-hydrogen) atoms. The van der Waals surface area contributed by atoms with Crippen LogP contribution in [0.1, 0.15) is 38.8 Å². The van der Waals surface area contributed by atoms with Gasteiger partial charge in [0, 0.05) is 23.7 Å². The standard InChI is InChI=1S/C20H24FN5O2.ClH/c1-5-20(9-22,19(27)28-4)14-8-13(6-7-15(14)21)16-17-18(24-10-23-16)26(11-25-17)12(2)3;/h6-8,10-12H,5,9,22H2,1-4H3;1H. The third kappa shape index (κ3) is 3.70. The molecule has 0 aliphatic rings. The summed E-state index contributed by atoms with van der Waals surface area (Å²) in [5, 5.41) is 0. The van der Waals surface area contributed by atoms with Crippen molar-refractivity contribution >= 4 is 29.5 Å². The number of carbonyl (C=O) groups excluding carboxylic acids is 1. The quantitative estimate of drug-likeness (QED) is 0.612. The molecule has 1 aromatic carbocycles. The van der Waals surface area contributed by atoms with Gasteiger partial charge < -0.3 is 15.0 Å². The monoisotopic (exact) mass is 421 g/mol. The number of methoxy groups -OCH3 is 1. The van der Waals surface area contributed by atoms with Gasteiger partial charge in [0.2, 0.25) is 0 Å². The molecule has 2 N–H and O–H groups in total. The fourth-order valence-corrected chi connectivity index (χ4v) is 3.46. The summed E-state index contributed by atoms with van der Waals surface area (Å²) in [5.41, 5.74) is 7.33. The molecule has 0 radical (unpaired) electrons. The summed E-state index contributed by atoms with van der Waals surface area (Å²) >= 11 is 0. The number of imidazole rings is 1. The van der Waals surface area contributed by atoms with Crippen molar-refractivity contribution in [1.82, 2.24) is 19.5 Å². The van der Waals surface area contributed by atoms with Crippen molar-refractivity contribution < 1.29 is 13.9 Å². The van der Waals surface area contributed by atoms with Gasteiger partial charge in [-0.15, -0.1) is 12.4 Å². The number of esters is 1. The molecule has 156 valence electrons. The second kappa shape index (κ2) is 8.84. The van der Waals surface area contributed by atoms with Crippen LogP contribution in [0.2, 0.25) is 0 Å². The van der Waals surface area contributed by atoms with Crippen molar-refractivity contribution in [3.05, 3.63) is 42.2 Å². The Bertz CT molecular complexity index is 1020. The molecule has 0 aliphatic carbocycles. The van der Waals surface area contributed by atoms with Crippen molar-refractivity contribution in [2.75, 3.05) is 13.7 Å². The molecule has 2 heterocycles. The molecular formula is C20H25ClFN5O2. The van der Waals surface area contributed by atoms with E-state index in [1.54, 1.807) is 25.4 Å². The van der Waals surface area contributed by atoms with Gasteiger partial charge in [-0.25, -0.2) is 19.3 Å². The van der Waals surface area contributed by atoms with E-state index in [0.717, 1.165) is 0 Å². The van der Waals surface area contributed by atoms with Gasteiger partial charge in [-0.1, -0.05) is 6.92 Å². The van der Waals surface area contributed by atoms with Gasteiger partial charge in [0.25, 0.3) is 0 Å². The minimum absolute atomic E-state index is 0. The molecule has 3 aromatic rings. The molecule has 1 unspecified atom stereocenters. The summed E-state index contributed by atoms with van der Waals surface area (Å²) in [7, 11) is 1.27. The molecular weight excluding hydrogens is 397 g/mol. The van der Waals surface area contributed by atoms with E-state index in [1.165, 1.54) is 19.5 Å². The number of fused-ring (bicyclic) bond motifs is 1. The molecule has 0 saturated heterocycles. The minimum Gasteiger partial charge on any atom is -0.468 e. The molecule has 0 bridgehead atoms. The lowest BCUT2D eigenvalue weighted by Gasteiger charge is -2.29. The topological polar surface area (TPSA) is 95.9 Å². The molecule has 1 atom stereocenters.